The normalized spacial score (nSPS) is 14.1. The van der Waals surface area contributed by atoms with Crippen LogP contribution in [0.25, 0.3) is 0 Å². The maximum Gasteiger partial charge on any atom is 0.389 e. The van der Waals surface area contributed by atoms with Crippen LogP contribution in [0.3, 0.4) is 0 Å². The number of carbonyl (C=O) groups is 1. The van der Waals surface area contributed by atoms with E-state index in [4.69, 9.17) is 5.73 Å². The Morgan fingerprint density at radius 2 is 1.53 bits per heavy atom. The largest absolute Gasteiger partial charge is 0.389 e. The SMILES string of the molecule is CC(C)(N)C(C)(C)C(=O)CCC(F)(F)F. The van der Waals surface area contributed by atoms with Crippen LogP contribution in [0.2, 0.25) is 0 Å². The van der Waals surface area contributed by atoms with Crippen molar-refractivity contribution in [3.05, 3.63) is 0 Å². The van der Waals surface area contributed by atoms with Gasteiger partial charge >= 0.3 is 6.18 Å². The van der Waals surface area contributed by atoms with E-state index in [-0.39, 0.29) is 0 Å². The van der Waals surface area contributed by atoms with Crippen LogP contribution in [-0.2, 0) is 4.79 Å². The van der Waals surface area contributed by atoms with Crippen LogP contribution in [0.5, 0.6) is 0 Å². The first-order valence-corrected chi connectivity index (χ1v) is 4.77. The molecule has 15 heavy (non-hydrogen) atoms. The highest BCUT2D eigenvalue weighted by atomic mass is 19.4. The number of carbonyl (C=O) groups excluding carboxylic acids is 1. The van der Waals surface area contributed by atoms with Crippen molar-refractivity contribution in [1.82, 2.24) is 0 Å². The quantitative estimate of drug-likeness (QED) is 0.799. The van der Waals surface area contributed by atoms with E-state index >= 15 is 0 Å². The number of nitrogens with two attached hydrogens (primary N) is 1. The van der Waals surface area contributed by atoms with Crippen molar-refractivity contribution in [3.63, 3.8) is 0 Å². The van der Waals surface area contributed by atoms with Crippen molar-refractivity contribution >= 4 is 5.78 Å². The fourth-order valence-electron chi connectivity index (χ4n) is 0.927. The highest BCUT2D eigenvalue weighted by Gasteiger charge is 2.41. The summed E-state index contributed by atoms with van der Waals surface area (Å²) in [4.78, 5) is 11.6. The Kier molecular flexibility index (Phi) is 3.96. The predicted octanol–water partition coefficient (Wildman–Crippen LogP) is 2.66. The standard InChI is InChI=1S/C10H18F3NO/c1-8(2,9(3,4)14)7(15)5-6-10(11,12)13/h5-6,14H2,1-4H3. The zero-order chi connectivity index (χ0) is 12.5. The predicted molar refractivity (Wildman–Crippen MR) is 52.3 cm³/mol. The minimum Gasteiger partial charge on any atom is -0.325 e. The molecule has 0 aliphatic rings. The molecule has 2 N–H and O–H groups in total. The number of ketones is 1. The molecule has 0 aromatic carbocycles. The van der Waals surface area contributed by atoms with Crippen LogP contribution in [-0.4, -0.2) is 17.5 Å². The summed E-state index contributed by atoms with van der Waals surface area (Å²) in [5.41, 5.74) is 3.98. The van der Waals surface area contributed by atoms with E-state index in [1.165, 1.54) is 0 Å². The maximum absolute atomic E-state index is 11.9. The van der Waals surface area contributed by atoms with Gasteiger partial charge in [0, 0.05) is 17.4 Å². The number of halogens is 3. The van der Waals surface area contributed by atoms with E-state index in [0.717, 1.165) is 0 Å². The average Bonchev–Trinajstić information content (AvgIpc) is 1.96. The van der Waals surface area contributed by atoms with Crippen LogP contribution >= 0.6 is 0 Å². The third kappa shape index (κ3) is 4.20. The zero-order valence-corrected chi connectivity index (χ0v) is 9.53. The summed E-state index contributed by atoms with van der Waals surface area (Å²) in [6.07, 6.45) is -5.87. The van der Waals surface area contributed by atoms with Crippen molar-refractivity contribution in [1.29, 1.82) is 0 Å². The number of Topliss-reactive ketones (excluding diaryl/α,β-unsaturated/α-hetero) is 1. The van der Waals surface area contributed by atoms with Crippen molar-refractivity contribution in [2.24, 2.45) is 11.1 Å². The van der Waals surface area contributed by atoms with E-state index in [1.54, 1.807) is 27.7 Å². The van der Waals surface area contributed by atoms with Gasteiger partial charge in [-0.05, 0) is 13.8 Å². The molecule has 0 atom stereocenters. The van der Waals surface area contributed by atoms with Crippen LogP contribution in [0, 0.1) is 5.41 Å². The van der Waals surface area contributed by atoms with Gasteiger partial charge in [0.25, 0.3) is 0 Å². The zero-order valence-electron chi connectivity index (χ0n) is 9.53. The molecular weight excluding hydrogens is 207 g/mol. The Labute approximate surface area is 88.0 Å². The Balaban J connectivity index is 4.47. The third-order valence-electron chi connectivity index (χ3n) is 2.94. The highest BCUT2D eigenvalue weighted by molar-refractivity contribution is 5.85. The van der Waals surface area contributed by atoms with E-state index < -0.39 is 35.8 Å². The number of hydrogen-bond donors (Lipinski definition) is 1. The van der Waals surface area contributed by atoms with Gasteiger partial charge in [-0.15, -0.1) is 0 Å². The topological polar surface area (TPSA) is 43.1 Å². The van der Waals surface area contributed by atoms with Gasteiger partial charge in [0.05, 0.1) is 6.42 Å². The molecule has 0 rings (SSSR count). The molecule has 0 amide bonds. The molecule has 0 unspecified atom stereocenters. The number of alkyl halides is 3. The minimum absolute atomic E-state index is 0.452. The van der Waals surface area contributed by atoms with Gasteiger partial charge in [0.15, 0.2) is 0 Å². The molecule has 0 aromatic rings. The molecular formula is C10H18F3NO. The average molecular weight is 225 g/mol. The molecule has 0 bridgehead atoms. The summed E-state index contributed by atoms with van der Waals surface area (Å²) in [7, 11) is 0. The van der Waals surface area contributed by atoms with Gasteiger partial charge in [0.2, 0.25) is 0 Å². The molecule has 90 valence electrons. The molecule has 0 aliphatic heterocycles. The van der Waals surface area contributed by atoms with Crippen molar-refractivity contribution in [3.8, 4) is 0 Å². The number of rotatable bonds is 4. The second-order valence-corrected chi connectivity index (χ2v) is 4.89. The van der Waals surface area contributed by atoms with Crippen molar-refractivity contribution in [2.45, 2.75) is 52.3 Å². The molecule has 2 nitrogen and oxygen atoms in total. The molecule has 0 spiro atoms. The summed E-state index contributed by atoms with van der Waals surface area (Å²) in [6, 6.07) is 0. The molecule has 5 heteroatoms. The summed E-state index contributed by atoms with van der Waals surface area (Å²) >= 11 is 0. The van der Waals surface area contributed by atoms with Gasteiger partial charge < -0.3 is 5.73 Å². The fourth-order valence-corrected chi connectivity index (χ4v) is 0.927. The summed E-state index contributed by atoms with van der Waals surface area (Å²) in [5.74, 6) is -0.452. The van der Waals surface area contributed by atoms with E-state index in [9.17, 15) is 18.0 Å². The highest BCUT2D eigenvalue weighted by Crippen LogP contribution is 2.32. The second kappa shape index (κ2) is 4.12. The lowest BCUT2D eigenvalue weighted by Crippen LogP contribution is -2.51. The lowest BCUT2D eigenvalue weighted by Gasteiger charge is -2.37. The molecule has 0 fully saturated rings. The van der Waals surface area contributed by atoms with E-state index in [1.807, 2.05) is 0 Å². The van der Waals surface area contributed by atoms with Gasteiger partial charge in [-0.1, -0.05) is 13.8 Å². The summed E-state index contributed by atoms with van der Waals surface area (Å²) < 4.78 is 35.8. The van der Waals surface area contributed by atoms with Gasteiger partial charge in [-0.2, -0.15) is 13.2 Å². The fraction of sp³-hybridized carbons (Fsp3) is 0.900. The van der Waals surface area contributed by atoms with Gasteiger partial charge in [-0.25, -0.2) is 0 Å². The van der Waals surface area contributed by atoms with Crippen LogP contribution in [0.4, 0.5) is 13.2 Å². The third-order valence-corrected chi connectivity index (χ3v) is 2.94. The Bertz CT molecular complexity index is 238. The molecule has 0 aromatic heterocycles. The Hall–Kier alpha value is -0.580. The van der Waals surface area contributed by atoms with Crippen LogP contribution in [0.15, 0.2) is 0 Å². The minimum atomic E-state index is -4.29. The number of hydrogen-bond acceptors (Lipinski definition) is 2. The van der Waals surface area contributed by atoms with Crippen LogP contribution < -0.4 is 5.73 Å². The lowest BCUT2D eigenvalue weighted by molar-refractivity contribution is -0.148. The molecule has 0 heterocycles. The smallest absolute Gasteiger partial charge is 0.325 e. The monoisotopic (exact) mass is 225 g/mol. The summed E-state index contributed by atoms with van der Waals surface area (Å²) in [6.45, 7) is 6.42. The molecule has 0 aliphatic carbocycles. The first-order chi connectivity index (χ1) is 6.38. The van der Waals surface area contributed by atoms with Gasteiger partial charge in [0.1, 0.15) is 5.78 Å². The van der Waals surface area contributed by atoms with E-state index in [2.05, 4.69) is 0 Å². The molecule has 0 saturated heterocycles. The summed E-state index contributed by atoms with van der Waals surface area (Å²) in [5, 5.41) is 0. The first kappa shape index (κ1) is 14.4. The van der Waals surface area contributed by atoms with E-state index in [0.29, 0.717) is 0 Å². The Morgan fingerprint density at radius 1 is 1.13 bits per heavy atom. The molecule has 0 saturated carbocycles. The first-order valence-electron chi connectivity index (χ1n) is 4.77. The lowest BCUT2D eigenvalue weighted by atomic mass is 9.71. The van der Waals surface area contributed by atoms with Crippen molar-refractivity contribution in [2.75, 3.05) is 0 Å². The van der Waals surface area contributed by atoms with Gasteiger partial charge in [-0.3, -0.25) is 4.79 Å². The molecule has 0 radical (unpaired) electrons. The Morgan fingerprint density at radius 3 is 1.80 bits per heavy atom. The van der Waals surface area contributed by atoms with Crippen LogP contribution in [0.1, 0.15) is 40.5 Å². The second-order valence-electron chi connectivity index (χ2n) is 4.89. The van der Waals surface area contributed by atoms with Crippen molar-refractivity contribution < 1.29 is 18.0 Å². The maximum atomic E-state index is 11.9.